The number of hydrogen-bond donors (Lipinski definition) is 2. The molecule has 26 heavy (non-hydrogen) atoms. The molecule has 0 spiro atoms. The van der Waals surface area contributed by atoms with Crippen molar-refractivity contribution < 1.29 is 10.2 Å². The van der Waals surface area contributed by atoms with Crippen LogP contribution in [0.1, 0.15) is 97.8 Å². The smallest absolute Gasteiger partial charge is 0.0543 e. The fourth-order valence-corrected chi connectivity index (χ4v) is 8.51. The first-order valence-electron chi connectivity index (χ1n) is 11.7. The van der Waals surface area contributed by atoms with Gasteiger partial charge in [0.25, 0.3) is 0 Å². The van der Waals surface area contributed by atoms with Gasteiger partial charge < -0.3 is 10.2 Å². The molecule has 0 aromatic rings. The van der Waals surface area contributed by atoms with Gasteiger partial charge in [0.1, 0.15) is 0 Å². The summed E-state index contributed by atoms with van der Waals surface area (Å²) in [5.74, 6) is 4.21. The van der Waals surface area contributed by atoms with Crippen LogP contribution in [0.4, 0.5) is 0 Å². The maximum atomic E-state index is 10.4. The summed E-state index contributed by atoms with van der Waals surface area (Å²) in [6.07, 6.45) is 14.7. The lowest BCUT2D eigenvalue weighted by atomic mass is 9.44. The van der Waals surface area contributed by atoms with Crippen LogP contribution in [-0.2, 0) is 0 Å². The standard InChI is InChI=1S/C24H42O2/c1-4-5-18(25)14-17-7-9-21-20-8-6-16-15-19(26)10-12-23(16,2)22(20)11-13-24(17,21)3/h16-22,25-26H,4-15H2,1-3H3. The first kappa shape index (κ1) is 19.2. The summed E-state index contributed by atoms with van der Waals surface area (Å²) in [7, 11) is 0. The number of aliphatic hydroxyl groups excluding tert-OH is 2. The predicted octanol–water partition coefficient (Wildman–Crippen LogP) is 5.56. The van der Waals surface area contributed by atoms with E-state index in [4.69, 9.17) is 0 Å². The van der Waals surface area contributed by atoms with Crippen LogP contribution in [0.2, 0.25) is 0 Å². The summed E-state index contributed by atoms with van der Waals surface area (Å²) in [6, 6.07) is 0. The van der Waals surface area contributed by atoms with Gasteiger partial charge in [-0.3, -0.25) is 0 Å². The Balaban J connectivity index is 1.51. The third-order valence-electron chi connectivity index (χ3n) is 10.0. The third kappa shape index (κ3) is 2.98. The maximum absolute atomic E-state index is 10.4. The molecule has 4 aliphatic rings. The minimum Gasteiger partial charge on any atom is -0.393 e. The Labute approximate surface area is 161 Å². The highest BCUT2D eigenvalue weighted by atomic mass is 16.3. The molecule has 0 saturated heterocycles. The van der Waals surface area contributed by atoms with Crippen molar-refractivity contribution in [1.82, 2.24) is 0 Å². The van der Waals surface area contributed by atoms with Crippen LogP contribution < -0.4 is 0 Å². The van der Waals surface area contributed by atoms with Crippen molar-refractivity contribution >= 4 is 0 Å². The molecule has 0 radical (unpaired) electrons. The van der Waals surface area contributed by atoms with Crippen LogP contribution >= 0.6 is 0 Å². The molecule has 2 N–H and O–H groups in total. The van der Waals surface area contributed by atoms with Crippen molar-refractivity contribution in [1.29, 1.82) is 0 Å². The average molecular weight is 363 g/mol. The number of fused-ring (bicyclic) bond motifs is 5. The molecule has 0 aromatic carbocycles. The topological polar surface area (TPSA) is 40.5 Å². The second-order valence-electron chi connectivity index (χ2n) is 11.1. The molecule has 4 aliphatic carbocycles. The second kappa shape index (κ2) is 7.07. The van der Waals surface area contributed by atoms with Crippen LogP contribution in [0, 0.1) is 40.4 Å². The van der Waals surface area contributed by atoms with E-state index in [0.29, 0.717) is 10.8 Å². The van der Waals surface area contributed by atoms with Gasteiger partial charge >= 0.3 is 0 Å². The molecule has 0 heterocycles. The van der Waals surface area contributed by atoms with Crippen molar-refractivity contribution in [2.45, 2.75) is 110 Å². The van der Waals surface area contributed by atoms with E-state index in [0.717, 1.165) is 61.7 Å². The lowest BCUT2D eigenvalue weighted by Crippen LogP contribution is -2.54. The van der Waals surface area contributed by atoms with E-state index in [1.807, 2.05) is 0 Å². The Morgan fingerprint density at radius 1 is 0.923 bits per heavy atom. The van der Waals surface area contributed by atoms with Gasteiger partial charge in [0.05, 0.1) is 12.2 Å². The van der Waals surface area contributed by atoms with Crippen LogP contribution in [0.25, 0.3) is 0 Å². The lowest BCUT2D eigenvalue weighted by Gasteiger charge is -2.61. The summed E-state index contributed by atoms with van der Waals surface area (Å²) < 4.78 is 0. The Morgan fingerprint density at radius 3 is 2.42 bits per heavy atom. The van der Waals surface area contributed by atoms with Gasteiger partial charge in [-0.25, -0.2) is 0 Å². The molecule has 150 valence electrons. The highest BCUT2D eigenvalue weighted by molar-refractivity contribution is 5.09. The molecule has 0 aromatic heterocycles. The summed E-state index contributed by atoms with van der Waals surface area (Å²) in [4.78, 5) is 0. The Hall–Kier alpha value is -0.0800. The second-order valence-corrected chi connectivity index (χ2v) is 11.1. The number of aliphatic hydroxyl groups is 2. The normalized spacial score (nSPS) is 52.0. The van der Waals surface area contributed by atoms with E-state index in [2.05, 4.69) is 20.8 Å². The molecule has 9 unspecified atom stereocenters. The van der Waals surface area contributed by atoms with Crippen LogP contribution in [0.15, 0.2) is 0 Å². The van der Waals surface area contributed by atoms with Gasteiger partial charge in [0.15, 0.2) is 0 Å². The highest BCUT2D eigenvalue weighted by Gasteiger charge is 2.60. The van der Waals surface area contributed by atoms with Crippen LogP contribution in [-0.4, -0.2) is 22.4 Å². The molecule has 0 aliphatic heterocycles. The molecule has 4 fully saturated rings. The Kier molecular flexibility index (Phi) is 5.23. The van der Waals surface area contributed by atoms with E-state index in [9.17, 15) is 10.2 Å². The fraction of sp³-hybridized carbons (Fsp3) is 1.00. The molecule has 9 atom stereocenters. The van der Waals surface area contributed by atoms with Crippen molar-refractivity contribution in [3.63, 3.8) is 0 Å². The summed E-state index contributed by atoms with van der Waals surface area (Å²) in [6.45, 7) is 7.36. The zero-order chi connectivity index (χ0) is 18.5. The van der Waals surface area contributed by atoms with Crippen molar-refractivity contribution in [3.05, 3.63) is 0 Å². The minimum absolute atomic E-state index is 0.0330. The molecule has 2 nitrogen and oxygen atoms in total. The Bertz CT molecular complexity index is 504. The van der Waals surface area contributed by atoms with E-state index >= 15 is 0 Å². The quantitative estimate of drug-likeness (QED) is 0.687. The fourth-order valence-electron chi connectivity index (χ4n) is 8.51. The first-order valence-corrected chi connectivity index (χ1v) is 11.7. The van der Waals surface area contributed by atoms with Crippen molar-refractivity contribution in [2.75, 3.05) is 0 Å². The first-order chi connectivity index (χ1) is 12.4. The van der Waals surface area contributed by atoms with Gasteiger partial charge in [-0.2, -0.15) is 0 Å². The van der Waals surface area contributed by atoms with E-state index in [-0.39, 0.29) is 12.2 Å². The third-order valence-corrected chi connectivity index (χ3v) is 10.0. The predicted molar refractivity (Wildman–Crippen MR) is 107 cm³/mol. The molecule has 2 heteroatoms. The van der Waals surface area contributed by atoms with Gasteiger partial charge in [0.2, 0.25) is 0 Å². The van der Waals surface area contributed by atoms with Gasteiger partial charge in [-0.15, -0.1) is 0 Å². The SMILES string of the molecule is CCCC(O)CC1CCC2C3CCC4CC(O)CCC4(C)C3CCC12C. The van der Waals surface area contributed by atoms with Crippen molar-refractivity contribution in [3.8, 4) is 0 Å². The molecule has 0 amide bonds. The molecule has 4 rings (SSSR count). The van der Waals surface area contributed by atoms with Gasteiger partial charge in [-0.1, -0.05) is 27.2 Å². The minimum atomic E-state index is -0.0774. The van der Waals surface area contributed by atoms with Gasteiger partial charge in [-0.05, 0) is 111 Å². The summed E-state index contributed by atoms with van der Waals surface area (Å²) in [5.41, 5.74) is 0.969. The zero-order valence-corrected chi connectivity index (χ0v) is 17.4. The average Bonchev–Trinajstić information content (AvgIpc) is 2.92. The molecular formula is C24H42O2. The van der Waals surface area contributed by atoms with E-state index < -0.39 is 0 Å². The maximum Gasteiger partial charge on any atom is 0.0543 e. The molecule has 0 bridgehead atoms. The van der Waals surface area contributed by atoms with Gasteiger partial charge in [0, 0.05) is 0 Å². The molecular weight excluding hydrogens is 320 g/mol. The van der Waals surface area contributed by atoms with E-state index in [1.165, 1.54) is 44.9 Å². The number of rotatable bonds is 4. The number of hydrogen-bond acceptors (Lipinski definition) is 2. The largest absolute Gasteiger partial charge is 0.393 e. The zero-order valence-electron chi connectivity index (χ0n) is 17.4. The summed E-state index contributed by atoms with van der Waals surface area (Å²) >= 11 is 0. The lowest BCUT2D eigenvalue weighted by molar-refractivity contribution is -0.128. The highest BCUT2D eigenvalue weighted by Crippen LogP contribution is 2.67. The van der Waals surface area contributed by atoms with E-state index in [1.54, 1.807) is 0 Å². The Morgan fingerprint density at radius 2 is 1.65 bits per heavy atom. The monoisotopic (exact) mass is 362 g/mol. The van der Waals surface area contributed by atoms with Crippen LogP contribution in [0.3, 0.4) is 0 Å². The van der Waals surface area contributed by atoms with Crippen molar-refractivity contribution in [2.24, 2.45) is 40.4 Å². The molecule has 4 saturated carbocycles. The van der Waals surface area contributed by atoms with Crippen LogP contribution in [0.5, 0.6) is 0 Å². The summed E-state index contributed by atoms with van der Waals surface area (Å²) in [5, 5.41) is 20.6.